The van der Waals surface area contributed by atoms with Crippen molar-refractivity contribution in [2.75, 3.05) is 6.54 Å². The molecule has 0 aromatic rings. The van der Waals surface area contributed by atoms with E-state index in [9.17, 15) is 14.8 Å². The first kappa shape index (κ1) is 23.5. The molecule has 3 fully saturated rings. The molecule has 8 nitrogen and oxygen atoms in total. The highest BCUT2D eigenvalue weighted by Gasteiger charge is 2.50. The molecule has 31 heavy (non-hydrogen) atoms. The first-order valence-corrected chi connectivity index (χ1v) is 12.5. The Morgan fingerprint density at radius 2 is 1.97 bits per heavy atom. The minimum Gasteiger partial charge on any atom is -0.427 e. The van der Waals surface area contributed by atoms with Crippen LogP contribution in [-0.4, -0.2) is 70.0 Å². The minimum absolute atomic E-state index is 0.0231. The predicted molar refractivity (Wildman–Crippen MR) is 123 cm³/mol. The zero-order valence-electron chi connectivity index (χ0n) is 18.6. The van der Waals surface area contributed by atoms with Crippen LogP contribution >= 0.6 is 11.6 Å². The van der Waals surface area contributed by atoms with Crippen LogP contribution in [0.25, 0.3) is 0 Å². The average molecular weight is 454 g/mol. The lowest BCUT2D eigenvalue weighted by Crippen LogP contribution is -2.54. The molecule has 10 heteroatoms. The molecule has 6 atom stereocenters. The van der Waals surface area contributed by atoms with E-state index < -0.39 is 7.12 Å². The van der Waals surface area contributed by atoms with Crippen LogP contribution in [0.2, 0.25) is 5.82 Å². The van der Waals surface area contributed by atoms with E-state index in [-0.39, 0.29) is 47.4 Å². The largest absolute Gasteiger partial charge is 0.454 e. The van der Waals surface area contributed by atoms with Gasteiger partial charge in [-0.3, -0.25) is 14.7 Å². The van der Waals surface area contributed by atoms with Crippen molar-refractivity contribution in [1.82, 2.24) is 21.1 Å². The van der Waals surface area contributed by atoms with Crippen LogP contribution in [0.5, 0.6) is 0 Å². The van der Waals surface area contributed by atoms with Gasteiger partial charge in [-0.15, -0.1) is 11.6 Å². The fourth-order valence-corrected chi connectivity index (χ4v) is 6.50. The monoisotopic (exact) mass is 453 g/mol. The highest BCUT2D eigenvalue weighted by molar-refractivity contribution is 6.43. The second-order valence-electron chi connectivity index (χ2n) is 9.75. The third-order valence-electron chi connectivity index (χ3n) is 7.77. The first-order chi connectivity index (χ1) is 14.9. The van der Waals surface area contributed by atoms with E-state index in [1.165, 1.54) is 5.71 Å². The summed E-state index contributed by atoms with van der Waals surface area (Å²) in [7, 11) is -1.29. The second-order valence-corrected chi connectivity index (χ2v) is 10.4. The molecule has 1 saturated heterocycles. The maximum absolute atomic E-state index is 12.5. The van der Waals surface area contributed by atoms with E-state index in [0.717, 1.165) is 44.9 Å². The number of fused-ring (bicyclic) bond motifs is 3. The number of carbonyl (C=O) groups excluding carboxylic acids is 1. The number of halogens is 1. The summed E-state index contributed by atoms with van der Waals surface area (Å²) in [5.41, 5.74) is 7.95. The Bertz CT molecular complexity index is 675. The van der Waals surface area contributed by atoms with Gasteiger partial charge >= 0.3 is 7.12 Å². The van der Waals surface area contributed by atoms with Gasteiger partial charge in [0.1, 0.15) is 0 Å². The number of alkyl halides is 1. The Labute approximate surface area is 190 Å². The summed E-state index contributed by atoms with van der Waals surface area (Å²) in [4.78, 5) is 20.3. The lowest BCUT2D eigenvalue weighted by molar-refractivity contribution is -0.121. The third kappa shape index (κ3) is 4.97. The van der Waals surface area contributed by atoms with Crippen LogP contribution in [0, 0.1) is 11.8 Å². The molecule has 5 N–H and O–H groups in total. The zero-order chi connectivity index (χ0) is 22.1. The standard InChI is InChI=1S/C21H37BClN5O3/c1-3-24-19(29)11-17-21-27-26-12(2)28(21)18-9-6-14(22(30)31)10-16(18)20(25-17)13-4-7-15(23)8-5-13/h12-18,21,26-27,30-31H,3-11H2,1-2H3,(H,24,29)/t12?,13?,14?,15?,16?,17-,18?,21?/m0/s1. The van der Waals surface area contributed by atoms with Gasteiger partial charge in [0.05, 0.1) is 24.8 Å². The molecular formula is C21H37BClN5O3. The van der Waals surface area contributed by atoms with Crippen LogP contribution in [0.4, 0.5) is 0 Å². The van der Waals surface area contributed by atoms with Gasteiger partial charge < -0.3 is 15.4 Å². The molecular weight excluding hydrogens is 417 g/mol. The molecule has 2 aliphatic heterocycles. The van der Waals surface area contributed by atoms with Crippen molar-refractivity contribution < 1.29 is 14.8 Å². The highest BCUT2D eigenvalue weighted by atomic mass is 35.5. The Kier molecular flexibility index (Phi) is 7.61. The topological polar surface area (TPSA) is 109 Å². The molecule has 4 aliphatic rings. The third-order valence-corrected chi connectivity index (χ3v) is 8.21. The van der Waals surface area contributed by atoms with Gasteiger partial charge in [0.2, 0.25) is 5.91 Å². The van der Waals surface area contributed by atoms with Gasteiger partial charge in [-0.1, -0.05) is 6.42 Å². The van der Waals surface area contributed by atoms with Crippen molar-refractivity contribution in [3.8, 4) is 0 Å². The van der Waals surface area contributed by atoms with Crippen LogP contribution in [0.15, 0.2) is 4.99 Å². The molecule has 2 aliphatic carbocycles. The second kappa shape index (κ2) is 10.1. The molecule has 4 rings (SSSR count). The van der Waals surface area contributed by atoms with Gasteiger partial charge in [0.15, 0.2) is 0 Å². The highest BCUT2D eigenvalue weighted by Crippen LogP contribution is 2.44. The van der Waals surface area contributed by atoms with E-state index in [1.54, 1.807) is 0 Å². The molecule has 5 unspecified atom stereocenters. The van der Waals surface area contributed by atoms with Crippen molar-refractivity contribution in [3.63, 3.8) is 0 Å². The van der Waals surface area contributed by atoms with Crippen LogP contribution in [-0.2, 0) is 4.79 Å². The van der Waals surface area contributed by atoms with E-state index in [2.05, 4.69) is 28.0 Å². The van der Waals surface area contributed by atoms with Gasteiger partial charge in [-0.05, 0) is 64.1 Å². The number of hydrogen-bond acceptors (Lipinski definition) is 7. The molecule has 0 bridgehead atoms. The van der Waals surface area contributed by atoms with E-state index in [4.69, 9.17) is 16.6 Å². The number of rotatable bonds is 5. The normalized spacial score (nSPS) is 41.0. The van der Waals surface area contributed by atoms with Crippen LogP contribution in [0.3, 0.4) is 0 Å². The van der Waals surface area contributed by atoms with Crippen LogP contribution < -0.4 is 16.2 Å². The van der Waals surface area contributed by atoms with Gasteiger partial charge in [0.25, 0.3) is 0 Å². The minimum atomic E-state index is -1.29. The summed E-state index contributed by atoms with van der Waals surface area (Å²) in [6.45, 7) is 4.69. The molecule has 2 heterocycles. The fourth-order valence-electron chi connectivity index (χ4n) is 6.25. The molecule has 1 amide bonds. The number of nitrogens with zero attached hydrogens (tertiary/aromatic N) is 2. The first-order valence-electron chi connectivity index (χ1n) is 12.0. The Hall–Kier alpha value is -0.705. The zero-order valence-corrected chi connectivity index (χ0v) is 19.4. The van der Waals surface area contributed by atoms with Crippen molar-refractivity contribution in [3.05, 3.63) is 0 Å². The number of nitrogens with one attached hydrogen (secondary N) is 3. The Balaban J connectivity index is 1.69. The predicted octanol–water partition coefficient (Wildman–Crippen LogP) is 1.23. The van der Waals surface area contributed by atoms with Crippen molar-refractivity contribution >= 4 is 30.3 Å². The summed E-state index contributed by atoms with van der Waals surface area (Å²) in [6.07, 6.45) is 6.83. The summed E-state index contributed by atoms with van der Waals surface area (Å²) in [6, 6.07) is 0.0834. The number of aliphatic imine (C=N–C) groups is 1. The summed E-state index contributed by atoms with van der Waals surface area (Å²) in [5.74, 6) is 0.420. The quantitative estimate of drug-likeness (QED) is 0.316. The van der Waals surface area contributed by atoms with Crippen molar-refractivity contribution in [2.24, 2.45) is 16.8 Å². The maximum atomic E-state index is 12.5. The number of hydrazine groups is 1. The fraction of sp³-hybridized carbons (Fsp3) is 0.905. The van der Waals surface area contributed by atoms with Crippen molar-refractivity contribution in [1.29, 1.82) is 0 Å². The molecule has 0 spiro atoms. The van der Waals surface area contributed by atoms with Crippen LogP contribution in [0.1, 0.15) is 65.2 Å². The van der Waals surface area contributed by atoms with Gasteiger partial charge in [-0.25, -0.2) is 10.9 Å². The molecule has 0 radical (unpaired) electrons. The smallest absolute Gasteiger partial charge is 0.427 e. The number of carbonyl (C=O) groups is 1. The molecule has 0 aromatic heterocycles. The average Bonchev–Trinajstić information content (AvgIpc) is 3.06. The molecule has 0 aromatic carbocycles. The lowest BCUT2D eigenvalue weighted by Gasteiger charge is -2.44. The SMILES string of the molecule is CCNC(=O)C[C@@H]1N=C(C2CCC(Cl)CC2)C2CC(B(O)O)CCC2N2C(C)NNC12. The summed E-state index contributed by atoms with van der Waals surface area (Å²) in [5, 5.41) is 23.1. The molecule has 174 valence electrons. The maximum Gasteiger partial charge on any atom is 0.454 e. The number of hydrogen-bond donors (Lipinski definition) is 5. The number of amides is 1. The van der Waals surface area contributed by atoms with Gasteiger partial charge in [0, 0.05) is 29.6 Å². The van der Waals surface area contributed by atoms with E-state index in [0.29, 0.717) is 18.9 Å². The Morgan fingerprint density at radius 3 is 2.65 bits per heavy atom. The van der Waals surface area contributed by atoms with Crippen molar-refractivity contribution in [2.45, 2.75) is 101 Å². The Morgan fingerprint density at radius 1 is 1.23 bits per heavy atom. The molecule has 2 saturated carbocycles. The van der Waals surface area contributed by atoms with E-state index in [1.807, 2.05) is 6.92 Å². The van der Waals surface area contributed by atoms with E-state index >= 15 is 0 Å². The van der Waals surface area contributed by atoms with Gasteiger partial charge in [-0.2, -0.15) is 0 Å². The summed E-state index contributed by atoms with van der Waals surface area (Å²) >= 11 is 6.40. The lowest BCUT2D eigenvalue weighted by atomic mass is 9.59. The summed E-state index contributed by atoms with van der Waals surface area (Å²) < 4.78 is 0.